The molecule has 1 fully saturated rings. The Kier molecular flexibility index (Phi) is 3.20. The SMILES string of the molecule is COc1cc2c(cc1CN1C[C@@H](O)[C@H](F)C1)OCO2. The van der Waals surface area contributed by atoms with Gasteiger partial charge in [0.05, 0.1) is 13.2 Å². The van der Waals surface area contributed by atoms with Crippen LogP contribution < -0.4 is 14.2 Å². The minimum Gasteiger partial charge on any atom is -0.496 e. The number of β-amino-alcohol motifs (C(OH)–C–C–N with tert-alkyl or cyclic N) is 1. The quantitative estimate of drug-likeness (QED) is 0.885. The number of methoxy groups -OCH3 is 1. The second-order valence-corrected chi connectivity index (χ2v) is 4.79. The molecule has 1 saturated heterocycles. The lowest BCUT2D eigenvalue weighted by atomic mass is 10.1. The van der Waals surface area contributed by atoms with Gasteiger partial charge in [0.15, 0.2) is 11.5 Å². The number of halogens is 1. The van der Waals surface area contributed by atoms with Gasteiger partial charge in [-0.05, 0) is 6.07 Å². The van der Waals surface area contributed by atoms with E-state index in [0.717, 1.165) is 5.56 Å². The lowest BCUT2D eigenvalue weighted by Gasteiger charge is -2.17. The standard InChI is InChI=1S/C13H16FNO4/c1-17-11-3-13-12(18-7-19-13)2-8(11)4-15-5-9(14)10(16)6-15/h2-3,9-10,16H,4-7H2,1H3/t9-,10-/m1/s1. The number of aliphatic hydroxyl groups is 1. The molecule has 19 heavy (non-hydrogen) atoms. The predicted octanol–water partition coefficient (Wildman–Crippen LogP) is 0.938. The monoisotopic (exact) mass is 269 g/mol. The Morgan fingerprint density at radius 3 is 2.74 bits per heavy atom. The molecule has 1 aromatic carbocycles. The van der Waals surface area contributed by atoms with Crippen LogP contribution in [0.25, 0.3) is 0 Å². The number of nitrogens with zero attached hydrogens (tertiary/aromatic N) is 1. The number of aliphatic hydroxyl groups excluding tert-OH is 1. The summed E-state index contributed by atoms with van der Waals surface area (Å²) in [6.45, 7) is 1.28. The third-order valence-electron chi connectivity index (χ3n) is 3.46. The van der Waals surface area contributed by atoms with Gasteiger partial charge >= 0.3 is 0 Å². The fraction of sp³-hybridized carbons (Fsp3) is 0.538. The molecule has 2 aliphatic rings. The molecular weight excluding hydrogens is 253 g/mol. The van der Waals surface area contributed by atoms with E-state index in [2.05, 4.69) is 0 Å². The Morgan fingerprint density at radius 2 is 2.11 bits per heavy atom. The molecule has 0 spiro atoms. The molecule has 0 radical (unpaired) electrons. The van der Waals surface area contributed by atoms with Gasteiger partial charge < -0.3 is 19.3 Å². The van der Waals surface area contributed by atoms with E-state index in [1.165, 1.54) is 0 Å². The third kappa shape index (κ3) is 2.33. The number of benzene rings is 1. The normalized spacial score (nSPS) is 25.8. The van der Waals surface area contributed by atoms with Crippen LogP contribution in [-0.4, -0.2) is 49.3 Å². The van der Waals surface area contributed by atoms with Crippen molar-refractivity contribution in [1.82, 2.24) is 4.90 Å². The molecule has 6 heteroatoms. The van der Waals surface area contributed by atoms with Crippen molar-refractivity contribution < 1.29 is 23.7 Å². The number of likely N-dealkylation sites (tertiary alicyclic amines) is 1. The van der Waals surface area contributed by atoms with Crippen molar-refractivity contribution >= 4 is 0 Å². The van der Waals surface area contributed by atoms with Gasteiger partial charge in [-0.3, -0.25) is 4.90 Å². The smallest absolute Gasteiger partial charge is 0.231 e. The Bertz CT molecular complexity index is 472. The second-order valence-electron chi connectivity index (χ2n) is 4.79. The van der Waals surface area contributed by atoms with Crippen molar-refractivity contribution in [2.75, 3.05) is 27.0 Å². The van der Waals surface area contributed by atoms with Gasteiger partial charge in [0, 0.05) is 31.3 Å². The summed E-state index contributed by atoms with van der Waals surface area (Å²) in [4.78, 5) is 1.86. The average Bonchev–Trinajstić information content (AvgIpc) is 2.95. The van der Waals surface area contributed by atoms with Crippen LogP contribution >= 0.6 is 0 Å². The summed E-state index contributed by atoms with van der Waals surface area (Å²) in [6, 6.07) is 3.62. The van der Waals surface area contributed by atoms with E-state index in [4.69, 9.17) is 14.2 Å². The summed E-state index contributed by atoms with van der Waals surface area (Å²) < 4.78 is 29.2. The largest absolute Gasteiger partial charge is 0.496 e. The molecule has 2 aliphatic heterocycles. The van der Waals surface area contributed by atoms with Gasteiger partial charge in [-0.2, -0.15) is 0 Å². The molecule has 5 nitrogen and oxygen atoms in total. The maximum atomic E-state index is 13.3. The van der Waals surface area contributed by atoms with E-state index in [0.29, 0.717) is 30.3 Å². The number of hydrogen-bond donors (Lipinski definition) is 1. The summed E-state index contributed by atoms with van der Waals surface area (Å²) in [5.41, 5.74) is 0.896. The fourth-order valence-corrected chi connectivity index (χ4v) is 2.47. The van der Waals surface area contributed by atoms with E-state index < -0.39 is 12.3 Å². The van der Waals surface area contributed by atoms with E-state index in [1.807, 2.05) is 11.0 Å². The first-order chi connectivity index (χ1) is 9.17. The maximum absolute atomic E-state index is 13.3. The van der Waals surface area contributed by atoms with Crippen molar-refractivity contribution in [1.29, 1.82) is 0 Å². The highest BCUT2D eigenvalue weighted by molar-refractivity contribution is 5.51. The van der Waals surface area contributed by atoms with Crippen molar-refractivity contribution in [2.24, 2.45) is 0 Å². The van der Waals surface area contributed by atoms with E-state index in [-0.39, 0.29) is 13.3 Å². The van der Waals surface area contributed by atoms with E-state index >= 15 is 0 Å². The number of hydrogen-bond acceptors (Lipinski definition) is 5. The number of alkyl halides is 1. The molecule has 1 aromatic rings. The highest BCUT2D eigenvalue weighted by atomic mass is 19.1. The van der Waals surface area contributed by atoms with Crippen LogP contribution in [0.15, 0.2) is 12.1 Å². The van der Waals surface area contributed by atoms with Crippen molar-refractivity contribution in [3.63, 3.8) is 0 Å². The van der Waals surface area contributed by atoms with Gasteiger partial charge in [-0.15, -0.1) is 0 Å². The van der Waals surface area contributed by atoms with Crippen LogP contribution in [0.5, 0.6) is 17.2 Å². The predicted molar refractivity (Wildman–Crippen MR) is 65.3 cm³/mol. The molecular formula is C13H16FNO4. The first kappa shape index (κ1) is 12.5. The Hall–Kier alpha value is -1.53. The maximum Gasteiger partial charge on any atom is 0.231 e. The first-order valence-electron chi connectivity index (χ1n) is 6.18. The Morgan fingerprint density at radius 1 is 1.37 bits per heavy atom. The summed E-state index contributed by atoms with van der Waals surface area (Å²) in [5.74, 6) is 2.01. The van der Waals surface area contributed by atoms with Crippen LogP contribution in [-0.2, 0) is 6.54 Å². The molecule has 0 amide bonds. The molecule has 0 aliphatic carbocycles. The van der Waals surface area contributed by atoms with Gasteiger partial charge in [-0.1, -0.05) is 0 Å². The Balaban J connectivity index is 1.80. The molecule has 0 saturated carbocycles. The number of rotatable bonds is 3. The summed E-state index contributed by atoms with van der Waals surface area (Å²) >= 11 is 0. The molecule has 3 rings (SSSR count). The summed E-state index contributed by atoms with van der Waals surface area (Å²) in [7, 11) is 1.58. The first-order valence-corrected chi connectivity index (χ1v) is 6.18. The van der Waals surface area contributed by atoms with Crippen LogP contribution in [0.1, 0.15) is 5.56 Å². The van der Waals surface area contributed by atoms with Gasteiger partial charge in [0.1, 0.15) is 11.9 Å². The van der Waals surface area contributed by atoms with Crippen LogP contribution in [0, 0.1) is 0 Å². The highest BCUT2D eigenvalue weighted by Crippen LogP contribution is 2.38. The highest BCUT2D eigenvalue weighted by Gasteiger charge is 2.31. The lowest BCUT2D eigenvalue weighted by Crippen LogP contribution is -2.21. The van der Waals surface area contributed by atoms with Crippen molar-refractivity contribution in [2.45, 2.75) is 18.8 Å². The van der Waals surface area contributed by atoms with Gasteiger partial charge in [0.2, 0.25) is 6.79 Å². The molecule has 0 bridgehead atoms. The molecule has 2 heterocycles. The third-order valence-corrected chi connectivity index (χ3v) is 3.46. The van der Waals surface area contributed by atoms with Crippen LogP contribution in [0.3, 0.4) is 0 Å². The second kappa shape index (κ2) is 4.86. The van der Waals surface area contributed by atoms with Crippen LogP contribution in [0.4, 0.5) is 4.39 Å². The molecule has 104 valence electrons. The minimum absolute atomic E-state index is 0.205. The van der Waals surface area contributed by atoms with Crippen molar-refractivity contribution in [3.05, 3.63) is 17.7 Å². The number of fused-ring (bicyclic) bond motifs is 1. The zero-order valence-electron chi connectivity index (χ0n) is 10.6. The molecule has 1 N–H and O–H groups in total. The topological polar surface area (TPSA) is 51.2 Å². The lowest BCUT2D eigenvalue weighted by molar-refractivity contribution is 0.115. The number of ether oxygens (including phenoxy) is 3. The molecule has 0 aromatic heterocycles. The van der Waals surface area contributed by atoms with E-state index in [9.17, 15) is 9.50 Å². The van der Waals surface area contributed by atoms with Gasteiger partial charge in [0.25, 0.3) is 0 Å². The van der Waals surface area contributed by atoms with Crippen LogP contribution in [0.2, 0.25) is 0 Å². The van der Waals surface area contributed by atoms with E-state index in [1.54, 1.807) is 13.2 Å². The molecule has 0 unspecified atom stereocenters. The zero-order chi connectivity index (χ0) is 13.4. The van der Waals surface area contributed by atoms with Crippen molar-refractivity contribution in [3.8, 4) is 17.2 Å². The molecule has 2 atom stereocenters. The summed E-state index contributed by atoms with van der Waals surface area (Å²) in [5, 5.41) is 9.43. The van der Waals surface area contributed by atoms with Gasteiger partial charge in [-0.25, -0.2) is 4.39 Å². The zero-order valence-corrected chi connectivity index (χ0v) is 10.6. The average molecular weight is 269 g/mol. The summed E-state index contributed by atoms with van der Waals surface area (Å²) in [6.07, 6.45) is -2.08. The Labute approximate surface area is 110 Å². The minimum atomic E-state index is -1.18. The fourth-order valence-electron chi connectivity index (χ4n) is 2.47.